The quantitative estimate of drug-likeness (QED) is 0.652. The van der Waals surface area contributed by atoms with E-state index in [4.69, 9.17) is 0 Å². The molecule has 0 amide bonds. The second-order valence-electron chi connectivity index (χ2n) is 4.93. The minimum absolute atomic E-state index is 0.375. The first-order valence-corrected chi connectivity index (χ1v) is 7.19. The van der Waals surface area contributed by atoms with E-state index in [0.717, 1.165) is 17.5 Å². The highest BCUT2D eigenvalue weighted by Crippen LogP contribution is 2.23. The summed E-state index contributed by atoms with van der Waals surface area (Å²) in [5, 5.41) is 7.66. The molecular weight excluding hydrogens is 244 g/mol. The summed E-state index contributed by atoms with van der Waals surface area (Å²) in [7, 11) is 1.78. The van der Waals surface area contributed by atoms with Gasteiger partial charge in [0.2, 0.25) is 0 Å². The number of rotatable bonds is 4. The SMILES string of the molecule is CN=C(NCc1nc(C(C)C)c(C)s1)NC(C)C. The molecule has 1 aromatic heterocycles. The lowest BCUT2D eigenvalue weighted by Crippen LogP contribution is -2.40. The first kappa shape index (κ1) is 15.0. The van der Waals surface area contributed by atoms with Crippen molar-refractivity contribution < 1.29 is 0 Å². The van der Waals surface area contributed by atoms with Crippen LogP contribution in [0.15, 0.2) is 4.99 Å². The summed E-state index contributed by atoms with van der Waals surface area (Å²) in [4.78, 5) is 10.2. The molecule has 2 N–H and O–H groups in total. The van der Waals surface area contributed by atoms with E-state index in [1.54, 1.807) is 18.4 Å². The van der Waals surface area contributed by atoms with Gasteiger partial charge in [-0.3, -0.25) is 4.99 Å². The first-order chi connectivity index (χ1) is 8.43. The zero-order chi connectivity index (χ0) is 13.7. The van der Waals surface area contributed by atoms with Gasteiger partial charge < -0.3 is 10.6 Å². The molecule has 0 radical (unpaired) electrons. The molecule has 18 heavy (non-hydrogen) atoms. The molecule has 0 aliphatic heterocycles. The molecule has 0 spiro atoms. The summed E-state index contributed by atoms with van der Waals surface area (Å²) in [6, 6.07) is 0.375. The molecule has 0 atom stereocenters. The van der Waals surface area contributed by atoms with E-state index in [9.17, 15) is 0 Å². The number of guanidine groups is 1. The molecule has 0 aliphatic rings. The van der Waals surface area contributed by atoms with Crippen LogP contribution in [0.2, 0.25) is 0 Å². The Hall–Kier alpha value is -1.10. The van der Waals surface area contributed by atoms with E-state index in [1.165, 1.54) is 10.6 Å². The summed E-state index contributed by atoms with van der Waals surface area (Å²) in [6.07, 6.45) is 0. The Balaban J connectivity index is 2.60. The van der Waals surface area contributed by atoms with Crippen molar-refractivity contribution in [1.82, 2.24) is 15.6 Å². The van der Waals surface area contributed by atoms with Gasteiger partial charge in [0.1, 0.15) is 5.01 Å². The van der Waals surface area contributed by atoms with E-state index < -0.39 is 0 Å². The molecule has 1 aromatic rings. The Bertz CT molecular complexity index is 407. The number of aromatic nitrogens is 1. The minimum atomic E-state index is 0.375. The van der Waals surface area contributed by atoms with Crippen LogP contribution < -0.4 is 10.6 Å². The van der Waals surface area contributed by atoms with Gasteiger partial charge in [0, 0.05) is 18.0 Å². The van der Waals surface area contributed by atoms with Crippen molar-refractivity contribution in [2.45, 2.75) is 53.1 Å². The molecule has 0 fully saturated rings. The third kappa shape index (κ3) is 4.29. The van der Waals surface area contributed by atoms with Crippen LogP contribution in [0.4, 0.5) is 0 Å². The van der Waals surface area contributed by atoms with Gasteiger partial charge in [-0.05, 0) is 26.7 Å². The van der Waals surface area contributed by atoms with E-state index in [-0.39, 0.29) is 0 Å². The van der Waals surface area contributed by atoms with Gasteiger partial charge in [-0.15, -0.1) is 11.3 Å². The van der Waals surface area contributed by atoms with Crippen LogP contribution in [0.1, 0.15) is 49.2 Å². The number of aliphatic imine (C=N–C) groups is 1. The van der Waals surface area contributed by atoms with Gasteiger partial charge in [0.05, 0.1) is 12.2 Å². The van der Waals surface area contributed by atoms with Crippen molar-refractivity contribution in [3.05, 3.63) is 15.6 Å². The first-order valence-electron chi connectivity index (χ1n) is 6.37. The van der Waals surface area contributed by atoms with Crippen molar-refractivity contribution in [2.24, 2.45) is 4.99 Å². The lowest BCUT2D eigenvalue weighted by Gasteiger charge is -2.13. The highest BCUT2D eigenvalue weighted by atomic mass is 32.1. The van der Waals surface area contributed by atoms with Crippen molar-refractivity contribution in [1.29, 1.82) is 0 Å². The molecule has 0 saturated carbocycles. The molecule has 4 nitrogen and oxygen atoms in total. The summed E-state index contributed by atoms with van der Waals surface area (Å²) in [6.45, 7) is 11.4. The second-order valence-corrected chi connectivity index (χ2v) is 6.22. The van der Waals surface area contributed by atoms with E-state index in [2.05, 4.69) is 55.2 Å². The Kier molecular flexibility index (Phi) is 5.59. The van der Waals surface area contributed by atoms with Crippen LogP contribution >= 0.6 is 11.3 Å². The molecule has 0 unspecified atom stereocenters. The molecule has 0 saturated heterocycles. The van der Waals surface area contributed by atoms with E-state index >= 15 is 0 Å². The predicted molar refractivity (Wildman–Crippen MR) is 79.4 cm³/mol. The van der Waals surface area contributed by atoms with Crippen molar-refractivity contribution in [2.75, 3.05) is 7.05 Å². The number of hydrogen-bond acceptors (Lipinski definition) is 3. The Morgan fingerprint density at radius 2 is 2.00 bits per heavy atom. The van der Waals surface area contributed by atoms with Crippen molar-refractivity contribution in [3.8, 4) is 0 Å². The Morgan fingerprint density at radius 1 is 1.33 bits per heavy atom. The molecule has 1 rings (SSSR count). The van der Waals surface area contributed by atoms with Crippen LogP contribution in [-0.4, -0.2) is 24.0 Å². The number of nitrogens with one attached hydrogen (secondary N) is 2. The zero-order valence-corrected chi connectivity index (χ0v) is 13.0. The highest BCUT2D eigenvalue weighted by molar-refractivity contribution is 7.11. The topological polar surface area (TPSA) is 49.3 Å². The summed E-state index contributed by atoms with van der Waals surface area (Å²) >= 11 is 1.76. The second kappa shape index (κ2) is 6.73. The predicted octanol–water partition coefficient (Wildman–Crippen LogP) is 2.65. The van der Waals surface area contributed by atoms with Crippen LogP contribution in [0.25, 0.3) is 0 Å². The summed E-state index contributed by atoms with van der Waals surface area (Å²) in [5.74, 6) is 1.31. The molecule has 0 aliphatic carbocycles. The lowest BCUT2D eigenvalue weighted by atomic mass is 10.1. The lowest BCUT2D eigenvalue weighted by molar-refractivity contribution is 0.697. The molecule has 1 heterocycles. The maximum Gasteiger partial charge on any atom is 0.191 e. The fraction of sp³-hybridized carbons (Fsp3) is 0.692. The number of aryl methyl sites for hydroxylation is 1. The summed E-state index contributed by atoms with van der Waals surface area (Å²) in [5.41, 5.74) is 1.21. The highest BCUT2D eigenvalue weighted by Gasteiger charge is 2.11. The van der Waals surface area contributed by atoms with Crippen LogP contribution in [-0.2, 0) is 6.54 Å². The molecule has 0 bridgehead atoms. The number of thiazole rings is 1. The Labute approximate surface area is 114 Å². The summed E-state index contributed by atoms with van der Waals surface area (Å²) < 4.78 is 0. The number of nitrogens with zero attached hydrogens (tertiary/aromatic N) is 2. The third-order valence-electron chi connectivity index (χ3n) is 2.48. The van der Waals surface area contributed by atoms with Crippen molar-refractivity contribution >= 4 is 17.3 Å². The normalized spacial score (nSPS) is 12.3. The smallest absolute Gasteiger partial charge is 0.191 e. The largest absolute Gasteiger partial charge is 0.354 e. The van der Waals surface area contributed by atoms with Crippen molar-refractivity contribution in [3.63, 3.8) is 0 Å². The average molecular weight is 268 g/mol. The standard InChI is InChI=1S/C13H24N4S/c1-8(2)12-10(5)18-11(17-12)7-15-13(14-6)16-9(3)4/h8-9H,7H2,1-6H3,(H2,14,15,16). The van der Waals surface area contributed by atoms with Crippen LogP contribution in [0, 0.1) is 6.92 Å². The maximum absolute atomic E-state index is 4.67. The average Bonchev–Trinajstić information content (AvgIpc) is 2.65. The Morgan fingerprint density at radius 3 is 2.44 bits per heavy atom. The molecule has 5 heteroatoms. The minimum Gasteiger partial charge on any atom is -0.354 e. The molecule has 0 aromatic carbocycles. The molecule has 102 valence electrons. The van der Waals surface area contributed by atoms with Crippen LogP contribution in [0.3, 0.4) is 0 Å². The fourth-order valence-corrected chi connectivity index (χ4v) is 2.73. The zero-order valence-electron chi connectivity index (χ0n) is 12.2. The maximum atomic E-state index is 4.67. The van der Waals surface area contributed by atoms with E-state index in [1.807, 2.05) is 0 Å². The van der Waals surface area contributed by atoms with E-state index in [0.29, 0.717) is 12.0 Å². The number of hydrogen-bond donors (Lipinski definition) is 2. The third-order valence-corrected chi connectivity index (χ3v) is 3.47. The van der Waals surface area contributed by atoms with Gasteiger partial charge in [0.15, 0.2) is 5.96 Å². The van der Waals surface area contributed by atoms with Crippen LogP contribution in [0.5, 0.6) is 0 Å². The fourth-order valence-electron chi connectivity index (χ4n) is 1.70. The molecular formula is C13H24N4S. The van der Waals surface area contributed by atoms with Gasteiger partial charge in [-0.2, -0.15) is 0 Å². The van der Waals surface area contributed by atoms with Gasteiger partial charge in [-0.1, -0.05) is 13.8 Å². The monoisotopic (exact) mass is 268 g/mol. The van der Waals surface area contributed by atoms with Gasteiger partial charge in [-0.25, -0.2) is 4.98 Å². The van der Waals surface area contributed by atoms with Gasteiger partial charge >= 0.3 is 0 Å². The van der Waals surface area contributed by atoms with Gasteiger partial charge in [0.25, 0.3) is 0 Å².